The zero-order valence-corrected chi connectivity index (χ0v) is 23.4. The van der Waals surface area contributed by atoms with Gasteiger partial charge >= 0.3 is 12.8 Å². The number of fused-ring (bicyclic) bond motifs is 3. The van der Waals surface area contributed by atoms with Gasteiger partial charge in [0, 0.05) is 25.7 Å². The highest BCUT2D eigenvalue weighted by Crippen LogP contribution is 2.43. The number of alkyl halides is 5. The summed E-state index contributed by atoms with van der Waals surface area (Å²) >= 11 is 0. The lowest BCUT2D eigenvalue weighted by atomic mass is 10.0. The Bertz CT molecular complexity index is 1730. The van der Waals surface area contributed by atoms with Crippen LogP contribution in [0.3, 0.4) is 0 Å². The van der Waals surface area contributed by atoms with E-state index in [2.05, 4.69) is 4.74 Å². The number of piperazine rings is 1. The Morgan fingerprint density at radius 1 is 0.881 bits per heavy atom. The minimum Gasteiger partial charge on any atom is -0.435 e. The van der Waals surface area contributed by atoms with Crippen LogP contribution < -0.4 is 13.9 Å². The summed E-state index contributed by atoms with van der Waals surface area (Å²) in [5.74, 6) is -1.37. The maximum atomic E-state index is 14.3. The molecule has 3 aromatic rings. The Labute approximate surface area is 237 Å². The van der Waals surface area contributed by atoms with E-state index in [1.165, 1.54) is 22.5 Å². The number of ether oxygens (including phenoxy) is 1. The highest BCUT2D eigenvalue weighted by molar-refractivity contribution is 7.92. The van der Waals surface area contributed by atoms with Crippen LogP contribution in [0.4, 0.5) is 37.7 Å². The smallest absolute Gasteiger partial charge is 0.416 e. The minimum absolute atomic E-state index is 0.0366. The fourth-order valence-electron chi connectivity index (χ4n) is 5.12. The predicted molar refractivity (Wildman–Crippen MR) is 142 cm³/mol. The van der Waals surface area contributed by atoms with Gasteiger partial charge in [-0.3, -0.25) is 4.31 Å². The quantitative estimate of drug-likeness (QED) is 0.363. The molecule has 0 radical (unpaired) electrons. The topological polar surface area (TPSA) is 87.2 Å². The average Bonchev–Trinajstić information content (AvgIpc) is 2.90. The fraction of sp³-hybridized carbons (Fsp3) is 0.308. The molecule has 0 saturated carbocycles. The normalized spacial score (nSPS) is 18.1. The van der Waals surface area contributed by atoms with Crippen LogP contribution in [-0.2, 0) is 26.2 Å². The van der Waals surface area contributed by atoms with Gasteiger partial charge in [0.25, 0.3) is 10.0 Å². The van der Waals surface area contributed by atoms with Crippen molar-refractivity contribution in [2.75, 3.05) is 41.6 Å². The minimum atomic E-state index is -4.82. The number of benzene rings is 3. The zero-order valence-electron chi connectivity index (χ0n) is 21.7. The van der Waals surface area contributed by atoms with Crippen LogP contribution in [0.15, 0.2) is 65.6 Å². The summed E-state index contributed by atoms with van der Waals surface area (Å²) in [6, 6.07) is 9.84. The molecule has 2 heterocycles. The Morgan fingerprint density at radius 2 is 1.62 bits per heavy atom. The Morgan fingerprint density at radius 3 is 2.29 bits per heavy atom. The van der Waals surface area contributed by atoms with E-state index in [-0.39, 0.29) is 43.0 Å². The second kappa shape index (κ2) is 10.6. The van der Waals surface area contributed by atoms with E-state index in [9.17, 15) is 43.2 Å². The first-order valence-corrected chi connectivity index (χ1v) is 15.6. The van der Waals surface area contributed by atoms with Crippen molar-refractivity contribution in [1.82, 2.24) is 4.31 Å². The van der Waals surface area contributed by atoms with Gasteiger partial charge in [-0.05, 0) is 53.6 Å². The van der Waals surface area contributed by atoms with E-state index in [4.69, 9.17) is 0 Å². The van der Waals surface area contributed by atoms with E-state index in [1.807, 2.05) is 0 Å². The van der Waals surface area contributed by atoms with Crippen LogP contribution in [0.2, 0.25) is 0 Å². The number of nitrogens with zero attached hydrogens (tertiary/aromatic N) is 3. The lowest BCUT2D eigenvalue weighted by molar-refractivity contribution is -0.137. The molecule has 42 heavy (non-hydrogen) atoms. The molecule has 1 fully saturated rings. The molecule has 2 aliphatic heterocycles. The molecule has 226 valence electrons. The molecule has 0 aliphatic carbocycles. The SMILES string of the molecule is CS(=O)(=O)N1CCN2c3ccc(-c4cc(F)cc(OC(F)F)c4)cc3N(S(=O)(=O)c3cccc(C(F)(F)F)c3)C[C@@H]2C1. The Hall–Kier alpha value is -3.50. The Balaban J connectivity index is 1.65. The molecule has 1 atom stereocenters. The highest BCUT2D eigenvalue weighted by atomic mass is 32.2. The van der Waals surface area contributed by atoms with Crippen LogP contribution >= 0.6 is 0 Å². The summed E-state index contributed by atoms with van der Waals surface area (Å²) in [5.41, 5.74) is -0.504. The molecule has 0 aromatic heterocycles. The first-order valence-electron chi connectivity index (χ1n) is 12.4. The van der Waals surface area contributed by atoms with Crippen LogP contribution in [0.25, 0.3) is 11.1 Å². The standard InChI is InChI=1S/C26H23F6N3O5S2/c1-41(36,37)33-7-8-34-20(14-33)15-35(42(38,39)22-4-2-3-18(12-22)26(30,31)32)24-11-16(5-6-23(24)34)17-9-19(27)13-21(10-17)40-25(28)29/h2-6,9-13,20,25H,7-8,14-15H2,1H3/t20-/m0/s1. The number of rotatable bonds is 6. The van der Waals surface area contributed by atoms with E-state index < -0.39 is 60.9 Å². The maximum absolute atomic E-state index is 14.3. The van der Waals surface area contributed by atoms with Gasteiger partial charge in [0.2, 0.25) is 10.0 Å². The average molecular weight is 636 g/mol. The summed E-state index contributed by atoms with van der Waals surface area (Å²) in [5, 5.41) is 0. The van der Waals surface area contributed by atoms with Gasteiger partial charge < -0.3 is 9.64 Å². The summed E-state index contributed by atoms with van der Waals surface area (Å²) in [6.07, 6.45) is -3.79. The Kier molecular flexibility index (Phi) is 7.60. The van der Waals surface area contributed by atoms with Crippen LogP contribution in [0.1, 0.15) is 5.56 Å². The summed E-state index contributed by atoms with van der Waals surface area (Å²) < 4.78 is 139. The molecule has 1 saturated heterocycles. The van der Waals surface area contributed by atoms with Gasteiger partial charge in [-0.15, -0.1) is 0 Å². The molecule has 16 heteroatoms. The third kappa shape index (κ3) is 5.87. The number of halogens is 6. The van der Waals surface area contributed by atoms with Crippen molar-refractivity contribution in [3.8, 4) is 16.9 Å². The van der Waals surface area contributed by atoms with E-state index in [0.717, 1.165) is 47.0 Å². The molecular weight excluding hydrogens is 612 g/mol. The first-order chi connectivity index (χ1) is 19.5. The van der Waals surface area contributed by atoms with Gasteiger partial charge in [-0.1, -0.05) is 12.1 Å². The van der Waals surface area contributed by atoms with E-state index >= 15 is 0 Å². The van der Waals surface area contributed by atoms with Gasteiger partial charge in [-0.25, -0.2) is 21.2 Å². The number of sulfonamides is 2. The van der Waals surface area contributed by atoms with E-state index in [0.29, 0.717) is 11.8 Å². The maximum Gasteiger partial charge on any atom is 0.416 e. The van der Waals surface area contributed by atoms with Crippen LogP contribution in [0.5, 0.6) is 5.75 Å². The number of hydrogen-bond donors (Lipinski definition) is 0. The molecule has 5 rings (SSSR count). The largest absolute Gasteiger partial charge is 0.435 e. The van der Waals surface area contributed by atoms with Gasteiger partial charge in [-0.2, -0.15) is 26.3 Å². The molecule has 0 N–H and O–H groups in total. The third-order valence-electron chi connectivity index (χ3n) is 7.02. The molecule has 3 aromatic carbocycles. The fourth-order valence-corrected chi connectivity index (χ4v) is 7.54. The van der Waals surface area contributed by atoms with Crippen LogP contribution in [-0.4, -0.2) is 66.2 Å². The summed E-state index contributed by atoms with van der Waals surface area (Å²) in [7, 11) is -8.28. The van der Waals surface area contributed by atoms with E-state index in [1.54, 1.807) is 4.90 Å². The summed E-state index contributed by atoms with van der Waals surface area (Å²) in [4.78, 5) is 1.16. The van der Waals surface area contributed by atoms with Crippen molar-refractivity contribution in [3.05, 3.63) is 72.0 Å². The molecule has 0 bridgehead atoms. The van der Waals surface area contributed by atoms with Crippen molar-refractivity contribution in [2.24, 2.45) is 0 Å². The second-order valence-electron chi connectivity index (χ2n) is 9.79. The van der Waals surface area contributed by atoms with Crippen molar-refractivity contribution in [1.29, 1.82) is 0 Å². The first kappa shape index (κ1) is 30.0. The third-order valence-corrected chi connectivity index (χ3v) is 10.1. The van der Waals surface area contributed by atoms with Crippen molar-refractivity contribution in [3.63, 3.8) is 0 Å². The highest BCUT2D eigenvalue weighted by Gasteiger charge is 2.42. The molecule has 0 unspecified atom stereocenters. The lowest BCUT2D eigenvalue weighted by Crippen LogP contribution is -2.61. The van der Waals surface area contributed by atoms with Crippen LogP contribution in [0, 0.1) is 5.82 Å². The monoisotopic (exact) mass is 635 g/mol. The second-order valence-corrected chi connectivity index (χ2v) is 13.6. The van der Waals surface area contributed by atoms with Crippen molar-refractivity contribution >= 4 is 31.4 Å². The molecule has 8 nitrogen and oxygen atoms in total. The predicted octanol–water partition coefficient (Wildman–Crippen LogP) is 4.77. The lowest BCUT2D eigenvalue weighted by Gasteiger charge is -2.48. The van der Waals surface area contributed by atoms with Gasteiger partial charge in [0.15, 0.2) is 0 Å². The zero-order chi connectivity index (χ0) is 30.6. The molecule has 2 aliphatic rings. The van der Waals surface area contributed by atoms with Gasteiger partial charge in [0.1, 0.15) is 11.6 Å². The molecule has 0 spiro atoms. The molecule has 0 amide bonds. The van der Waals surface area contributed by atoms with Gasteiger partial charge in [0.05, 0.1) is 40.7 Å². The molecular formula is C26H23F6N3O5S2. The number of hydrogen-bond acceptors (Lipinski definition) is 6. The van der Waals surface area contributed by atoms with Crippen molar-refractivity contribution < 1.29 is 47.9 Å². The summed E-state index contributed by atoms with van der Waals surface area (Å²) in [6.45, 7) is -3.32. The number of anilines is 2. The van der Waals surface area contributed by atoms with Crippen molar-refractivity contribution in [2.45, 2.75) is 23.7 Å².